The van der Waals surface area contributed by atoms with Crippen LogP contribution in [0.15, 0.2) is 78.9 Å². The van der Waals surface area contributed by atoms with Crippen LogP contribution in [0.3, 0.4) is 0 Å². The number of hydrogen-bond donors (Lipinski definition) is 0. The Labute approximate surface area is 326 Å². The minimum Gasteiger partial charge on any atom is -0.494 e. The number of carbonyl (C=O) groups excluding carboxylic acids is 4. The molecule has 0 saturated heterocycles. The quantitative estimate of drug-likeness (QED) is 0.0321. The van der Waals surface area contributed by atoms with Gasteiger partial charge in [-0.25, -0.2) is 19.2 Å². The van der Waals surface area contributed by atoms with Gasteiger partial charge in [0, 0.05) is 5.57 Å². The zero-order valence-corrected chi connectivity index (χ0v) is 32.9. The topological polar surface area (TPSA) is 124 Å². The van der Waals surface area contributed by atoms with Gasteiger partial charge in [0.15, 0.2) is 0 Å². The van der Waals surface area contributed by atoms with Crippen molar-refractivity contribution in [2.24, 2.45) is 0 Å². The lowest BCUT2D eigenvalue weighted by atomic mass is 10.1. The third-order valence-corrected chi connectivity index (χ3v) is 8.65. The summed E-state index contributed by atoms with van der Waals surface area (Å²) in [4.78, 5) is 50.9. The zero-order chi connectivity index (χ0) is 39.7. The van der Waals surface area contributed by atoms with Gasteiger partial charge in [-0.2, -0.15) is 0 Å². The van der Waals surface area contributed by atoms with Crippen molar-refractivity contribution in [1.82, 2.24) is 0 Å². The fourth-order valence-corrected chi connectivity index (χ4v) is 5.34. The smallest absolute Gasteiger partial charge is 0.343 e. The average Bonchev–Trinajstić information content (AvgIpc) is 3.19. The molecule has 10 heteroatoms. The summed E-state index contributed by atoms with van der Waals surface area (Å²) in [6.45, 7) is 11.2. The third kappa shape index (κ3) is 17.3. The summed E-state index contributed by atoms with van der Waals surface area (Å²) in [5.41, 5.74) is 0.977. The Kier molecular flexibility index (Phi) is 20.8. The normalized spacial score (nSPS) is 10.7. The molecule has 0 radical (unpaired) electrons. The molecule has 0 bridgehead atoms. The number of ether oxygens (including phenoxy) is 6. The highest BCUT2D eigenvalue weighted by atomic mass is 16.6. The number of esters is 4. The number of benzene rings is 3. The maximum Gasteiger partial charge on any atom is 0.343 e. The molecule has 3 aromatic carbocycles. The fraction of sp³-hybridized carbons (Fsp3) is 0.467. The summed E-state index contributed by atoms with van der Waals surface area (Å²) in [6, 6.07) is 17.5. The Balaban J connectivity index is 1.52. The van der Waals surface area contributed by atoms with Gasteiger partial charge >= 0.3 is 23.9 Å². The maximum atomic E-state index is 13.4. The van der Waals surface area contributed by atoms with Gasteiger partial charge < -0.3 is 28.4 Å². The lowest BCUT2D eigenvalue weighted by Gasteiger charge is -2.13. The molecule has 0 aliphatic heterocycles. The van der Waals surface area contributed by atoms with Crippen LogP contribution in [0.1, 0.15) is 142 Å². The van der Waals surface area contributed by atoms with E-state index in [0.717, 1.165) is 83.5 Å². The van der Waals surface area contributed by atoms with E-state index in [4.69, 9.17) is 28.4 Å². The Morgan fingerprint density at radius 1 is 0.491 bits per heavy atom. The highest BCUT2D eigenvalue weighted by molar-refractivity contribution is 5.97. The van der Waals surface area contributed by atoms with Gasteiger partial charge in [0.2, 0.25) is 0 Å². The molecule has 298 valence electrons. The highest BCUT2D eigenvalue weighted by Crippen LogP contribution is 2.28. The first-order chi connectivity index (χ1) is 26.7. The second kappa shape index (κ2) is 25.8. The average molecular weight is 759 g/mol. The van der Waals surface area contributed by atoms with Crippen molar-refractivity contribution in [1.29, 1.82) is 0 Å². The van der Waals surface area contributed by atoms with E-state index >= 15 is 0 Å². The minimum atomic E-state index is -0.691. The van der Waals surface area contributed by atoms with Gasteiger partial charge in [-0.15, -0.1) is 0 Å². The number of hydrogen-bond acceptors (Lipinski definition) is 10. The molecule has 3 aromatic rings. The molecule has 0 atom stereocenters. The van der Waals surface area contributed by atoms with Gasteiger partial charge in [0.25, 0.3) is 0 Å². The first kappa shape index (κ1) is 44.3. The molecule has 0 aromatic heterocycles. The van der Waals surface area contributed by atoms with Crippen LogP contribution in [0.2, 0.25) is 0 Å². The number of rotatable bonds is 27. The van der Waals surface area contributed by atoms with Crippen molar-refractivity contribution < 1.29 is 47.6 Å². The Morgan fingerprint density at radius 2 is 0.927 bits per heavy atom. The summed E-state index contributed by atoms with van der Waals surface area (Å²) < 4.78 is 33.4. The molecule has 0 saturated carbocycles. The molecular formula is C45H58O10. The summed E-state index contributed by atoms with van der Waals surface area (Å²) in [6.07, 6.45) is 14.0. The second-order valence-electron chi connectivity index (χ2n) is 13.5. The molecule has 3 rings (SSSR count). The van der Waals surface area contributed by atoms with Gasteiger partial charge in [-0.05, 0) is 99.3 Å². The van der Waals surface area contributed by atoms with E-state index in [-0.39, 0.29) is 35.2 Å². The first-order valence-electron chi connectivity index (χ1n) is 19.8. The molecule has 10 nitrogen and oxygen atoms in total. The van der Waals surface area contributed by atoms with E-state index in [2.05, 4.69) is 20.4 Å². The molecule has 0 N–H and O–H groups in total. The van der Waals surface area contributed by atoms with Crippen LogP contribution in [0.4, 0.5) is 0 Å². The highest BCUT2D eigenvalue weighted by Gasteiger charge is 2.21. The van der Waals surface area contributed by atoms with Gasteiger partial charge in [-0.1, -0.05) is 84.6 Å². The van der Waals surface area contributed by atoms with Crippen LogP contribution in [-0.4, -0.2) is 50.3 Å². The molecule has 0 spiro atoms. The van der Waals surface area contributed by atoms with Crippen LogP contribution >= 0.6 is 0 Å². The summed E-state index contributed by atoms with van der Waals surface area (Å²) in [7, 11) is 0. The number of carbonyl (C=O) groups is 4. The van der Waals surface area contributed by atoms with Crippen LogP contribution in [-0.2, 0) is 14.3 Å². The third-order valence-electron chi connectivity index (χ3n) is 8.65. The van der Waals surface area contributed by atoms with Crippen LogP contribution in [0, 0.1) is 0 Å². The summed E-state index contributed by atoms with van der Waals surface area (Å²) in [5.74, 6) is -0.917. The second-order valence-corrected chi connectivity index (χ2v) is 13.5. The predicted octanol–water partition coefficient (Wildman–Crippen LogP) is 10.7. The van der Waals surface area contributed by atoms with Crippen LogP contribution in [0.5, 0.6) is 23.0 Å². The van der Waals surface area contributed by atoms with Crippen molar-refractivity contribution in [2.45, 2.75) is 111 Å². The van der Waals surface area contributed by atoms with E-state index < -0.39 is 17.9 Å². The number of unbranched alkanes of at least 4 members (excludes halogenated alkanes) is 11. The maximum absolute atomic E-state index is 13.4. The SMILES string of the molecule is C=C(C)C(=O)OCCCCCCCCCCCCOC(=O)c1cc(OC(=O)c2ccc(OCCCC)cc2)ccc1OC(=O)c1ccc(OCCCC)cc1. The van der Waals surface area contributed by atoms with Gasteiger partial charge in [0.1, 0.15) is 28.6 Å². The first-order valence-corrected chi connectivity index (χ1v) is 19.8. The Hall–Kier alpha value is -5.12. The lowest BCUT2D eigenvalue weighted by Crippen LogP contribution is -2.14. The monoisotopic (exact) mass is 758 g/mol. The van der Waals surface area contributed by atoms with Crippen LogP contribution in [0.25, 0.3) is 0 Å². The van der Waals surface area contributed by atoms with Gasteiger partial charge in [-0.3, -0.25) is 0 Å². The molecule has 0 unspecified atom stereocenters. The van der Waals surface area contributed by atoms with E-state index in [0.29, 0.717) is 48.9 Å². The Bertz CT molecular complexity index is 1630. The van der Waals surface area contributed by atoms with Crippen molar-refractivity contribution in [3.8, 4) is 23.0 Å². The standard InChI is InChI=1S/C45H58O10/c1-5-7-29-50-37-23-19-35(20-24-37)43(47)54-39-27-28-41(55-44(48)36-21-25-38(26-22-36)51-30-8-6-2)40(33-39)45(49)53-32-18-16-14-12-10-9-11-13-15-17-31-52-42(46)34(3)4/h19-28,33H,3,5-18,29-32H2,1-2,4H3. The summed E-state index contributed by atoms with van der Waals surface area (Å²) in [5, 5.41) is 0. The zero-order valence-electron chi connectivity index (χ0n) is 32.9. The van der Waals surface area contributed by atoms with E-state index in [9.17, 15) is 19.2 Å². The van der Waals surface area contributed by atoms with Crippen molar-refractivity contribution in [2.75, 3.05) is 26.4 Å². The van der Waals surface area contributed by atoms with Crippen molar-refractivity contribution in [3.05, 3.63) is 95.6 Å². The molecule has 0 heterocycles. The molecule has 0 amide bonds. The molecule has 0 fully saturated rings. The van der Waals surface area contributed by atoms with E-state index in [1.165, 1.54) is 18.2 Å². The fourth-order valence-electron chi connectivity index (χ4n) is 5.34. The van der Waals surface area contributed by atoms with Crippen molar-refractivity contribution in [3.63, 3.8) is 0 Å². The van der Waals surface area contributed by atoms with E-state index in [1.807, 2.05) is 0 Å². The van der Waals surface area contributed by atoms with Gasteiger partial charge in [0.05, 0.1) is 37.6 Å². The predicted molar refractivity (Wildman–Crippen MR) is 212 cm³/mol. The molecule has 55 heavy (non-hydrogen) atoms. The largest absolute Gasteiger partial charge is 0.494 e. The van der Waals surface area contributed by atoms with E-state index in [1.54, 1.807) is 55.5 Å². The lowest BCUT2D eigenvalue weighted by molar-refractivity contribution is -0.139. The summed E-state index contributed by atoms with van der Waals surface area (Å²) >= 11 is 0. The van der Waals surface area contributed by atoms with Crippen LogP contribution < -0.4 is 18.9 Å². The minimum absolute atomic E-state index is 0.0143. The van der Waals surface area contributed by atoms with Crippen molar-refractivity contribution >= 4 is 23.9 Å². The molecule has 0 aliphatic carbocycles. The molecule has 0 aliphatic rings. The Morgan fingerprint density at radius 3 is 1.40 bits per heavy atom. The molecular weight excluding hydrogens is 700 g/mol.